The van der Waals surface area contributed by atoms with Crippen molar-refractivity contribution in [1.29, 1.82) is 0 Å². The molecule has 0 aromatic carbocycles. The molecule has 0 amide bonds. The summed E-state index contributed by atoms with van der Waals surface area (Å²) >= 11 is 0. The molecule has 13 heavy (non-hydrogen) atoms. The Balaban J connectivity index is 2.43. The van der Waals surface area contributed by atoms with Crippen molar-refractivity contribution in [3.8, 4) is 0 Å². The van der Waals surface area contributed by atoms with Gasteiger partial charge in [0, 0.05) is 32.2 Å². The molecule has 1 N–H and O–H groups in total. The first kappa shape index (κ1) is 11.0. The lowest BCUT2D eigenvalue weighted by molar-refractivity contribution is 0.000692. The van der Waals surface area contributed by atoms with Gasteiger partial charge in [-0.3, -0.25) is 4.90 Å². The zero-order valence-electron chi connectivity index (χ0n) is 9.25. The number of hydrogen-bond acceptors (Lipinski definition) is 3. The van der Waals surface area contributed by atoms with Crippen LogP contribution in [0.3, 0.4) is 0 Å². The quantitative estimate of drug-likeness (QED) is 0.676. The molecule has 0 saturated carbocycles. The number of rotatable bonds is 2. The third-order valence-electron chi connectivity index (χ3n) is 2.56. The van der Waals surface area contributed by atoms with E-state index in [4.69, 9.17) is 0 Å². The Kier molecular flexibility index (Phi) is 3.33. The zero-order valence-corrected chi connectivity index (χ0v) is 9.25. The maximum atomic E-state index is 9.70. The van der Waals surface area contributed by atoms with E-state index >= 15 is 0 Å². The van der Waals surface area contributed by atoms with Gasteiger partial charge >= 0.3 is 0 Å². The van der Waals surface area contributed by atoms with E-state index in [-0.39, 0.29) is 0 Å². The SMILES string of the molecule is CC1CN(C)CCN1CC(C)(C)O. The number of nitrogens with zero attached hydrogens (tertiary/aromatic N) is 2. The molecule has 0 aromatic heterocycles. The van der Waals surface area contributed by atoms with Crippen LogP contribution in [-0.2, 0) is 0 Å². The number of hydrogen-bond donors (Lipinski definition) is 1. The minimum atomic E-state index is -0.565. The average Bonchev–Trinajstić information content (AvgIpc) is 1.93. The lowest BCUT2D eigenvalue weighted by Crippen LogP contribution is -2.54. The van der Waals surface area contributed by atoms with Crippen LogP contribution in [0.5, 0.6) is 0 Å². The molecule has 0 bridgehead atoms. The number of likely N-dealkylation sites (N-methyl/N-ethyl adjacent to an activating group) is 1. The fourth-order valence-corrected chi connectivity index (χ4v) is 1.91. The molecule has 0 aromatic rings. The molecule has 0 aliphatic carbocycles. The van der Waals surface area contributed by atoms with E-state index in [0.717, 1.165) is 26.2 Å². The second-order valence-electron chi connectivity index (χ2n) is 4.89. The van der Waals surface area contributed by atoms with Crippen molar-refractivity contribution in [1.82, 2.24) is 9.80 Å². The normalized spacial score (nSPS) is 27.9. The summed E-state index contributed by atoms with van der Waals surface area (Å²) in [5.41, 5.74) is -0.565. The van der Waals surface area contributed by atoms with E-state index in [9.17, 15) is 5.11 Å². The molecule has 1 aliphatic rings. The van der Waals surface area contributed by atoms with Crippen molar-refractivity contribution in [2.24, 2.45) is 0 Å². The Labute approximate surface area is 81.3 Å². The average molecular weight is 186 g/mol. The van der Waals surface area contributed by atoms with Crippen LogP contribution in [0.25, 0.3) is 0 Å². The summed E-state index contributed by atoms with van der Waals surface area (Å²) in [6.45, 7) is 10.0. The summed E-state index contributed by atoms with van der Waals surface area (Å²) in [6.07, 6.45) is 0. The number of piperazine rings is 1. The predicted molar refractivity (Wildman–Crippen MR) is 54.8 cm³/mol. The maximum Gasteiger partial charge on any atom is 0.0718 e. The van der Waals surface area contributed by atoms with Crippen LogP contribution in [0.2, 0.25) is 0 Å². The van der Waals surface area contributed by atoms with E-state index in [1.54, 1.807) is 0 Å². The van der Waals surface area contributed by atoms with Crippen molar-refractivity contribution in [2.45, 2.75) is 32.4 Å². The van der Waals surface area contributed by atoms with E-state index in [1.807, 2.05) is 13.8 Å². The third kappa shape index (κ3) is 3.63. The van der Waals surface area contributed by atoms with Crippen LogP contribution in [0.1, 0.15) is 20.8 Å². The van der Waals surface area contributed by atoms with Crippen LogP contribution in [0.4, 0.5) is 0 Å². The minimum absolute atomic E-state index is 0.560. The molecule has 1 unspecified atom stereocenters. The molecule has 1 aliphatic heterocycles. The maximum absolute atomic E-state index is 9.70. The molecule has 1 heterocycles. The largest absolute Gasteiger partial charge is 0.389 e. The summed E-state index contributed by atoms with van der Waals surface area (Å²) in [6, 6.07) is 0.560. The van der Waals surface area contributed by atoms with Crippen molar-refractivity contribution in [3.05, 3.63) is 0 Å². The minimum Gasteiger partial charge on any atom is -0.389 e. The standard InChI is InChI=1S/C10H22N2O/c1-9-7-11(4)5-6-12(9)8-10(2,3)13/h9,13H,5-8H2,1-4H3. The Bertz CT molecular complexity index is 165. The molecule has 1 rings (SSSR count). The van der Waals surface area contributed by atoms with Crippen LogP contribution >= 0.6 is 0 Å². The molecule has 1 atom stereocenters. The first-order chi connectivity index (χ1) is 5.88. The van der Waals surface area contributed by atoms with E-state index < -0.39 is 5.60 Å². The van der Waals surface area contributed by atoms with Gasteiger partial charge in [0.2, 0.25) is 0 Å². The zero-order chi connectivity index (χ0) is 10.1. The second kappa shape index (κ2) is 3.95. The molecular formula is C10H22N2O. The third-order valence-corrected chi connectivity index (χ3v) is 2.56. The Morgan fingerprint density at radius 3 is 2.46 bits per heavy atom. The monoisotopic (exact) mass is 186 g/mol. The summed E-state index contributed by atoms with van der Waals surface area (Å²) in [5, 5.41) is 9.70. The van der Waals surface area contributed by atoms with Gasteiger partial charge < -0.3 is 10.0 Å². The van der Waals surface area contributed by atoms with Crippen LogP contribution < -0.4 is 0 Å². The molecule has 1 saturated heterocycles. The fourth-order valence-electron chi connectivity index (χ4n) is 1.91. The molecule has 3 nitrogen and oxygen atoms in total. The molecule has 0 radical (unpaired) electrons. The van der Waals surface area contributed by atoms with Crippen molar-refractivity contribution >= 4 is 0 Å². The lowest BCUT2D eigenvalue weighted by atomic mass is 10.1. The lowest BCUT2D eigenvalue weighted by Gasteiger charge is -2.40. The molecule has 0 spiro atoms. The Morgan fingerprint density at radius 2 is 2.00 bits per heavy atom. The van der Waals surface area contributed by atoms with Gasteiger partial charge in [-0.05, 0) is 27.8 Å². The highest BCUT2D eigenvalue weighted by Gasteiger charge is 2.26. The number of β-amino-alcohol motifs (C(OH)–C–C–N with tert-alkyl or cyclic N) is 1. The van der Waals surface area contributed by atoms with Gasteiger partial charge in [0.05, 0.1) is 5.60 Å². The van der Waals surface area contributed by atoms with Gasteiger partial charge in [-0.25, -0.2) is 0 Å². The van der Waals surface area contributed by atoms with Crippen LogP contribution in [-0.4, -0.2) is 59.8 Å². The van der Waals surface area contributed by atoms with Gasteiger partial charge in [-0.15, -0.1) is 0 Å². The summed E-state index contributed by atoms with van der Waals surface area (Å²) < 4.78 is 0. The first-order valence-electron chi connectivity index (χ1n) is 5.03. The topological polar surface area (TPSA) is 26.7 Å². The second-order valence-corrected chi connectivity index (χ2v) is 4.89. The Morgan fingerprint density at radius 1 is 1.38 bits per heavy atom. The highest BCUT2D eigenvalue weighted by molar-refractivity contribution is 4.81. The summed E-state index contributed by atoms with van der Waals surface area (Å²) in [4.78, 5) is 4.70. The fraction of sp³-hybridized carbons (Fsp3) is 1.00. The van der Waals surface area contributed by atoms with Crippen LogP contribution in [0, 0.1) is 0 Å². The highest BCUT2D eigenvalue weighted by atomic mass is 16.3. The summed E-state index contributed by atoms with van der Waals surface area (Å²) in [5.74, 6) is 0. The van der Waals surface area contributed by atoms with E-state index in [0.29, 0.717) is 6.04 Å². The van der Waals surface area contributed by atoms with Gasteiger partial charge in [-0.2, -0.15) is 0 Å². The van der Waals surface area contributed by atoms with E-state index in [1.165, 1.54) is 0 Å². The van der Waals surface area contributed by atoms with E-state index in [2.05, 4.69) is 23.8 Å². The Hall–Kier alpha value is -0.120. The number of aliphatic hydroxyl groups is 1. The molecule has 3 heteroatoms. The van der Waals surface area contributed by atoms with Gasteiger partial charge in [-0.1, -0.05) is 0 Å². The van der Waals surface area contributed by atoms with Crippen molar-refractivity contribution in [3.63, 3.8) is 0 Å². The van der Waals surface area contributed by atoms with Crippen molar-refractivity contribution in [2.75, 3.05) is 33.2 Å². The van der Waals surface area contributed by atoms with Gasteiger partial charge in [0.25, 0.3) is 0 Å². The van der Waals surface area contributed by atoms with Gasteiger partial charge in [0.1, 0.15) is 0 Å². The molecule has 1 fully saturated rings. The smallest absolute Gasteiger partial charge is 0.0718 e. The van der Waals surface area contributed by atoms with Crippen molar-refractivity contribution < 1.29 is 5.11 Å². The molecular weight excluding hydrogens is 164 g/mol. The predicted octanol–water partition coefficient (Wildman–Crippen LogP) is 0.393. The molecule has 78 valence electrons. The highest BCUT2D eigenvalue weighted by Crippen LogP contribution is 2.12. The summed E-state index contributed by atoms with van der Waals surface area (Å²) in [7, 11) is 2.15. The first-order valence-corrected chi connectivity index (χ1v) is 5.03. The van der Waals surface area contributed by atoms with Gasteiger partial charge in [0.15, 0.2) is 0 Å². The van der Waals surface area contributed by atoms with Crippen LogP contribution in [0.15, 0.2) is 0 Å².